The number of hydrogen-bond acceptors (Lipinski definition) is 7. The van der Waals surface area contributed by atoms with Crippen LogP contribution in [0.15, 0.2) is 12.1 Å². The second-order valence-electron chi connectivity index (χ2n) is 8.25. The third kappa shape index (κ3) is 4.17. The smallest absolute Gasteiger partial charge is 0.261 e. The first-order chi connectivity index (χ1) is 14.9. The molecule has 0 aromatic heterocycles. The molecule has 3 aliphatic heterocycles. The van der Waals surface area contributed by atoms with Crippen LogP contribution in [0.5, 0.6) is 0 Å². The number of nitrogens with one attached hydrogen (secondary N) is 2. The Bertz CT molecular complexity index is 911. The topological polar surface area (TPSA) is 102 Å². The molecule has 4 rings (SSSR count). The number of benzene rings is 1. The van der Waals surface area contributed by atoms with E-state index in [1.165, 1.54) is 0 Å². The highest BCUT2D eigenvalue weighted by Gasteiger charge is 2.37. The van der Waals surface area contributed by atoms with Crippen LogP contribution in [0.1, 0.15) is 28.8 Å². The zero-order chi connectivity index (χ0) is 22.1. The quantitative estimate of drug-likeness (QED) is 0.485. The van der Waals surface area contributed by atoms with Crippen LogP contribution in [-0.2, 0) is 14.4 Å². The van der Waals surface area contributed by atoms with Crippen LogP contribution >= 0.6 is 0 Å². The van der Waals surface area contributed by atoms with Gasteiger partial charge in [-0.3, -0.25) is 34.3 Å². The van der Waals surface area contributed by atoms with Gasteiger partial charge >= 0.3 is 0 Å². The molecule has 1 aromatic rings. The molecule has 3 heterocycles. The van der Waals surface area contributed by atoms with E-state index in [1.807, 2.05) is 4.90 Å². The van der Waals surface area contributed by atoms with E-state index in [-0.39, 0.29) is 24.8 Å². The Morgan fingerprint density at radius 2 is 1.94 bits per heavy atom. The Kier molecular flexibility index (Phi) is 6.01. The van der Waals surface area contributed by atoms with Crippen molar-refractivity contribution in [3.63, 3.8) is 0 Å². The van der Waals surface area contributed by atoms with Gasteiger partial charge in [-0.2, -0.15) is 0 Å². The number of rotatable bonds is 5. The summed E-state index contributed by atoms with van der Waals surface area (Å²) in [6.07, 6.45) is 0.348. The van der Waals surface area contributed by atoms with E-state index in [0.29, 0.717) is 17.3 Å². The van der Waals surface area contributed by atoms with E-state index >= 15 is 0 Å². The van der Waals surface area contributed by atoms with Crippen molar-refractivity contribution >= 4 is 29.8 Å². The lowest BCUT2D eigenvalue weighted by Gasteiger charge is -2.48. The summed E-state index contributed by atoms with van der Waals surface area (Å²) >= 11 is 0. The van der Waals surface area contributed by atoms with Crippen LogP contribution in [0.25, 0.3) is 0 Å². The Morgan fingerprint density at radius 3 is 2.58 bits per heavy atom. The summed E-state index contributed by atoms with van der Waals surface area (Å²) in [5, 5.41) is 5.45. The number of carbonyl (C=O) groups excluding carboxylic acids is 4. The van der Waals surface area contributed by atoms with E-state index in [4.69, 9.17) is 0 Å². The standard InChI is InChI=1S/C21H26FN5O4/c1-13-8-18(26-10-14(11-26)25-6-4-23-5-7-25)16(22)9-15(13)21(31)27(12-28)17-2-3-19(29)24-20(17)30/h8-9,12,14,17,23H,2-7,10-11H2,1H3,(H,24,29,30). The maximum absolute atomic E-state index is 14.9. The molecule has 4 amide bonds. The molecule has 0 aliphatic carbocycles. The second-order valence-corrected chi connectivity index (χ2v) is 8.25. The number of aryl methyl sites for hydroxylation is 1. The third-order valence-electron chi connectivity index (χ3n) is 6.29. The van der Waals surface area contributed by atoms with Crippen molar-refractivity contribution < 1.29 is 23.6 Å². The monoisotopic (exact) mass is 431 g/mol. The molecule has 1 atom stereocenters. The molecule has 2 N–H and O–H groups in total. The first-order valence-electron chi connectivity index (χ1n) is 10.5. The number of halogens is 1. The van der Waals surface area contributed by atoms with Crippen molar-refractivity contribution in [1.29, 1.82) is 0 Å². The third-order valence-corrected chi connectivity index (χ3v) is 6.29. The van der Waals surface area contributed by atoms with Crippen LogP contribution in [-0.4, -0.2) is 85.3 Å². The lowest BCUT2D eigenvalue weighted by molar-refractivity contribution is -0.139. The van der Waals surface area contributed by atoms with Gasteiger partial charge in [-0.05, 0) is 31.0 Å². The highest BCUT2D eigenvalue weighted by Crippen LogP contribution is 2.30. The molecule has 1 unspecified atom stereocenters. The minimum atomic E-state index is -1.08. The molecular formula is C21H26FN5O4. The number of amides is 4. The number of nitrogens with zero attached hydrogens (tertiary/aromatic N) is 3. The van der Waals surface area contributed by atoms with Gasteiger partial charge in [0.25, 0.3) is 5.91 Å². The summed E-state index contributed by atoms with van der Waals surface area (Å²) < 4.78 is 14.9. The van der Waals surface area contributed by atoms with Gasteiger partial charge in [0.15, 0.2) is 0 Å². The van der Waals surface area contributed by atoms with Crippen molar-refractivity contribution in [2.45, 2.75) is 31.8 Å². The maximum atomic E-state index is 14.9. The zero-order valence-corrected chi connectivity index (χ0v) is 17.4. The molecule has 3 saturated heterocycles. The lowest BCUT2D eigenvalue weighted by atomic mass is 9.99. The van der Waals surface area contributed by atoms with Crippen LogP contribution in [0.3, 0.4) is 0 Å². The first kappa shape index (κ1) is 21.4. The highest BCUT2D eigenvalue weighted by molar-refractivity contribution is 6.07. The molecule has 9 nitrogen and oxygen atoms in total. The fourth-order valence-electron chi connectivity index (χ4n) is 4.42. The van der Waals surface area contributed by atoms with Gasteiger partial charge in [0.1, 0.15) is 11.9 Å². The molecule has 3 aliphatic rings. The normalized spacial score (nSPS) is 22.6. The first-order valence-corrected chi connectivity index (χ1v) is 10.5. The molecule has 0 saturated carbocycles. The summed E-state index contributed by atoms with van der Waals surface area (Å²) in [5.74, 6) is -2.44. The molecule has 1 aromatic carbocycles. The Hall–Kier alpha value is -2.85. The van der Waals surface area contributed by atoms with Crippen LogP contribution in [0.2, 0.25) is 0 Å². The molecule has 10 heteroatoms. The summed E-state index contributed by atoms with van der Waals surface area (Å²) in [4.78, 5) is 53.0. The lowest BCUT2D eigenvalue weighted by Crippen LogP contribution is -2.63. The van der Waals surface area contributed by atoms with Gasteiger partial charge in [-0.25, -0.2) is 4.39 Å². The number of piperazine rings is 1. The van der Waals surface area contributed by atoms with E-state index in [9.17, 15) is 23.6 Å². The summed E-state index contributed by atoms with van der Waals surface area (Å²) in [6.45, 7) is 7.00. The molecule has 31 heavy (non-hydrogen) atoms. The number of anilines is 1. The zero-order valence-electron chi connectivity index (χ0n) is 17.4. The van der Waals surface area contributed by atoms with E-state index in [2.05, 4.69) is 15.5 Å². The Morgan fingerprint density at radius 1 is 1.23 bits per heavy atom. The van der Waals surface area contributed by atoms with Gasteiger partial charge in [0, 0.05) is 57.3 Å². The van der Waals surface area contributed by atoms with E-state index in [1.54, 1.807) is 13.0 Å². The van der Waals surface area contributed by atoms with E-state index < -0.39 is 29.6 Å². The summed E-state index contributed by atoms with van der Waals surface area (Å²) in [6, 6.07) is 2.05. The molecule has 0 bridgehead atoms. The molecule has 166 valence electrons. The van der Waals surface area contributed by atoms with Crippen molar-refractivity contribution in [3.8, 4) is 0 Å². The van der Waals surface area contributed by atoms with Gasteiger partial charge in [0.2, 0.25) is 18.2 Å². The van der Waals surface area contributed by atoms with Crippen molar-refractivity contribution in [2.75, 3.05) is 44.2 Å². The van der Waals surface area contributed by atoms with Crippen molar-refractivity contribution in [3.05, 3.63) is 29.1 Å². The summed E-state index contributed by atoms with van der Waals surface area (Å²) in [5.41, 5.74) is 0.975. The predicted molar refractivity (Wildman–Crippen MR) is 110 cm³/mol. The van der Waals surface area contributed by atoms with Gasteiger partial charge < -0.3 is 10.2 Å². The average Bonchev–Trinajstić information content (AvgIpc) is 2.72. The fraction of sp³-hybridized carbons (Fsp3) is 0.524. The van der Waals surface area contributed by atoms with Gasteiger partial charge in [-0.15, -0.1) is 0 Å². The molecular weight excluding hydrogens is 405 g/mol. The maximum Gasteiger partial charge on any atom is 0.261 e. The molecule has 0 spiro atoms. The SMILES string of the molecule is Cc1cc(N2CC(N3CCNCC3)C2)c(F)cc1C(=O)N(C=O)C1CCC(=O)NC1=O. The molecule has 3 fully saturated rings. The fourth-order valence-corrected chi connectivity index (χ4v) is 4.42. The average molecular weight is 431 g/mol. The summed E-state index contributed by atoms with van der Waals surface area (Å²) in [7, 11) is 0. The molecule has 0 radical (unpaired) electrons. The Balaban J connectivity index is 1.48. The largest absolute Gasteiger partial charge is 0.366 e. The number of imide groups is 2. The number of piperidine rings is 1. The van der Waals surface area contributed by atoms with Crippen LogP contribution in [0.4, 0.5) is 10.1 Å². The van der Waals surface area contributed by atoms with E-state index in [0.717, 1.165) is 50.2 Å². The Labute approximate surface area is 179 Å². The van der Waals surface area contributed by atoms with Crippen molar-refractivity contribution in [1.82, 2.24) is 20.4 Å². The van der Waals surface area contributed by atoms with Crippen molar-refractivity contribution in [2.24, 2.45) is 0 Å². The highest BCUT2D eigenvalue weighted by atomic mass is 19.1. The van der Waals surface area contributed by atoms with Gasteiger partial charge in [0.05, 0.1) is 5.69 Å². The second kappa shape index (κ2) is 8.72. The van der Waals surface area contributed by atoms with Gasteiger partial charge in [-0.1, -0.05) is 0 Å². The minimum absolute atomic E-state index is 0.0252. The van der Waals surface area contributed by atoms with Crippen LogP contribution in [0, 0.1) is 12.7 Å². The number of hydrogen-bond donors (Lipinski definition) is 2. The van der Waals surface area contributed by atoms with Crippen LogP contribution < -0.4 is 15.5 Å². The minimum Gasteiger partial charge on any atom is -0.366 e. The number of carbonyl (C=O) groups is 4. The predicted octanol–water partition coefficient (Wildman–Crippen LogP) is -0.368.